The number of hydrogen-bond donors (Lipinski definition) is 2. The molecule has 1 unspecified atom stereocenters. The minimum Gasteiger partial charge on any atom is -0.394 e. The second kappa shape index (κ2) is 6.33. The van der Waals surface area contributed by atoms with Gasteiger partial charge in [0.25, 0.3) is 0 Å². The van der Waals surface area contributed by atoms with Crippen LogP contribution in [0.3, 0.4) is 0 Å². The molecular weight excluding hydrogens is 226 g/mol. The van der Waals surface area contributed by atoms with E-state index in [0.29, 0.717) is 5.92 Å². The van der Waals surface area contributed by atoms with Crippen LogP contribution in [-0.2, 0) is 0 Å². The first-order chi connectivity index (χ1) is 8.74. The van der Waals surface area contributed by atoms with E-state index in [1.165, 1.54) is 25.9 Å². The third kappa shape index (κ3) is 3.23. The van der Waals surface area contributed by atoms with Gasteiger partial charge in [-0.05, 0) is 31.8 Å². The summed E-state index contributed by atoms with van der Waals surface area (Å²) in [5, 5.41) is 13.4. The summed E-state index contributed by atoms with van der Waals surface area (Å²) in [6.45, 7) is 12.4. The number of hydrogen-bond acceptors (Lipinski definition) is 4. The molecule has 0 aromatic heterocycles. The average molecular weight is 255 g/mol. The van der Waals surface area contributed by atoms with Gasteiger partial charge in [-0.2, -0.15) is 0 Å². The van der Waals surface area contributed by atoms with Gasteiger partial charge in [0, 0.05) is 32.7 Å². The predicted octanol–water partition coefficient (Wildman–Crippen LogP) is 0.375. The highest BCUT2D eigenvalue weighted by atomic mass is 16.3. The highest BCUT2D eigenvalue weighted by molar-refractivity contribution is 5.03. The SMILES string of the molecule is CCNC(CO)(CN1CCN(CC)CC1)C1CC1. The van der Waals surface area contributed by atoms with E-state index in [9.17, 15) is 5.11 Å². The zero-order chi connectivity index (χ0) is 13.0. The number of piperazine rings is 1. The molecule has 0 radical (unpaired) electrons. The molecule has 2 N–H and O–H groups in total. The molecule has 0 aromatic rings. The van der Waals surface area contributed by atoms with Crippen molar-refractivity contribution >= 4 is 0 Å². The van der Waals surface area contributed by atoms with Gasteiger partial charge in [-0.3, -0.25) is 4.90 Å². The third-order valence-corrected chi connectivity index (χ3v) is 4.59. The molecule has 2 aliphatic rings. The van der Waals surface area contributed by atoms with E-state index >= 15 is 0 Å². The van der Waals surface area contributed by atoms with Crippen molar-refractivity contribution in [1.82, 2.24) is 15.1 Å². The van der Waals surface area contributed by atoms with Crippen LogP contribution in [0.5, 0.6) is 0 Å². The molecule has 4 nitrogen and oxygen atoms in total. The molecule has 1 heterocycles. The Hall–Kier alpha value is -0.160. The van der Waals surface area contributed by atoms with E-state index in [-0.39, 0.29) is 12.1 Å². The van der Waals surface area contributed by atoms with Crippen molar-refractivity contribution < 1.29 is 5.11 Å². The molecule has 0 bridgehead atoms. The molecule has 1 saturated heterocycles. The van der Waals surface area contributed by atoms with Crippen molar-refractivity contribution in [3.05, 3.63) is 0 Å². The van der Waals surface area contributed by atoms with Crippen LogP contribution >= 0.6 is 0 Å². The Kier molecular flexibility index (Phi) is 5.01. The van der Waals surface area contributed by atoms with Gasteiger partial charge >= 0.3 is 0 Å². The van der Waals surface area contributed by atoms with Crippen molar-refractivity contribution in [2.75, 3.05) is 52.4 Å². The summed E-state index contributed by atoms with van der Waals surface area (Å²) in [4.78, 5) is 5.03. The smallest absolute Gasteiger partial charge is 0.0628 e. The maximum absolute atomic E-state index is 9.85. The summed E-state index contributed by atoms with van der Waals surface area (Å²) >= 11 is 0. The monoisotopic (exact) mass is 255 g/mol. The van der Waals surface area contributed by atoms with E-state index in [1.54, 1.807) is 0 Å². The first-order valence-electron chi connectivity index (χ1n) is 7.54. The zero-order valence-corrected chi connectivity index (χ0v) is 12.0. The number of rotatable bonds is 7. The summed E-state index contributed by atoms with van der Waals surface area (Å²) in [5.41, 5.74) is -0.0386. The standard InChI is InChI=1S/C14H29N3O/c1-3-15-14(12-18,13-5-6-13)11-17-9-7-16(4-2)8-10-17/h13,15,18H,3-12H2,1-2H3. The minimum atomic E-state index is -0.0386. The molecule has 4 heteroatoms. The number of likely N-dealkylation sites (N-methyl/N-ethyl adjacent to an activating group) is 2. The highest BCUT2D eigenvalue weighted by Crippen LogP contribution is 2.40. The van der Waals surface area contributed by atoms with Crippen LogP contribution in [0.15, 0.2) is 0 Å². The van der Waals surface area contributed by atoms with E-state index in [0.717, 1.165) is 32.7 Å². The molecule has 1 atom stereocenters. The molecule has 106 valence electrons. The second-order valence-corrected chi connectivity index (χ2v) is 5.83. The lowest BCUT2D eigenvalue weighted by atomic mass is 9.93. The molecule has 1 aliphatic heterocycles. The van der Waals surface area contributed by atoms with Gasteiger partial charge in [-0.25, -0.2) is 0 Å². The predicted molar refractivity (Wildman–Crippen MR) is 74.8 cm³/mol. The highest BCUT2D eigenvalue weighted by Gasteiger charge is 2.45. The lowest BCUT2D eigenvalue weighted by Gasteiger charge is -2.41. The molecule has 2 rings (SSSR count). The van der Waals surface area contributed by atoms with E-state index in [4.69, 9.17) is 0 Å². The molecule has 0 amide bonds. The maximum atomic E-state index is 9.85. The third-order valence-electron chi connectivity index (χ3n) is 4.59. The summed E-state index contributed by atoms with van der Waals surface area (Å²) in [6.07, 6.45) is 2.56. The second-order valence-electron chi connectivity index (χ2n) is 5.83. The van der Waals surface area contributed by atoms with Crippen LogP contribution in [-0.4, -0.2) is 72.9 Å². The van der Waals surface area contributed by atoms with Gasteiger partial charge in [0.1, 0.15) is 0 Å². The molecule has 1 aliphatic carbocycles. The normalized spacial score (nSPS) is 26.2. The van der Waals surface area contributed by atoms with Crippen molar-refractivity contribution in [1.29, 1.82) is 0 Å². The fourth-order valence-electron chi connectivity index (χ4n) is 3.21. The molecule has 2 fully saturated rings. The van der Waals surface area contributed by atoms with Crippen LogP contribution in [0.2, 0.25) is 0 Å². The Morgan fingerprint density at radius 1 is 1.11 bits per heavy atom. The van der Waals surface area contributed by atoms with Crippen molar-refractivity contribution in [3.8, 4) is 0 Å². The molecular formula is C14H29N3O. The Morgan fingerprint density at radius 3 is 2.17 bits per heavy atom. The molecule has 0 aromatic carbocycles. The summed E-state index contributed by atoms with van der Waals surface area (Å²) < 4.78 is 0. The van der Waals surface area contributed by atoms with Gasteiger partial charge in [-0.15, -0.1) is 0 Å². The first-order valence-corrected chi connectivity index (χ1v) is 7.54. The first kappa shape index (κ1) is 14.3. The number of aliphatic hydroxyl groups is 1. The van der Waals surface area contributed by atoms with Crippen LogP contribution in [0.1, 0.15) is 26.7 Å². The van der Waals surface area contributed by atoms with Gasteiger partial charge in [0.05, 0.1) is 12.1 Å². The van der Waals surface area contributed by atoms with Crippen LogP contribution in [0.25, 0.3) is 0 Å². The summed E-state index contributed by atoms with van der Waals surface area (Å²) in [5.74, 6) is 0.687. The average Bonchev–Trinajstić information content (AvgIpc) is 3.24. The fourth-order valence-corrected chi connectivity index (χ4v) is 3.21. The van der Waals surface area contributed by atoms with E-state index in [1.807, 2.05) is 0 Å². The van der Waals surface area contributed by atoms with E-state index in [2.05, 4.69) is 29.0 Å². The summed E-state index contributed by atoms with van der Waals surface area (Å²) in [6, 6.07) is 0. The topological polar surface area (TPSA) is 38.7 Å². The Morgan fingerprint density at radius 2 is 1.72 bits per heavy atom. The quantitative estimate of drug-likeness (QED) is 0.690. The van der Waals surface area contributed by atoms with Crippen molar-refractivity contribution in [2.45, 2.75) is 32.2 Å². The number of nitrogens with zero attached hydrogens (tertiary/aromatic N) is 2. The Balaban J connectivity index is 1.89. The Labute approximate surface area is 111 Å². The van der Waals surface area contributed by atoms with Crippen LogP contribution in [0.4, 0.5) is 0 Å². The zero-order valence-electron chi connectivity index (χ0n) is 12.0. The minimum absolute atomic E-state index is 0.0386. The van der Waals surface area contributed by atoms with Crippen molar-refractivity contribution in [2.24, 2.45) is 5.92 Å². The van der Waals surface area contributed by atoms with E-state index < -0.39 is 0 Å². The van der Waals surface area contributed by atoms with Crippen LogP contribution < -0.4 is 5.32 Å². The van der Waals surface area contributed by atoms with Crippen molar-refractivity contribution in [3.63, 3.8) is 0 Å². The van der Waals surface area contributed by atoms with Gasteiger partial charge in [-0.1, -0.05) is 13.8 Å². The summed E-state index contributed by atoms with van der Waals surface area (Å²) in [7, 11) is 0. The number of aliphatic hydroxyl groups excluding tert-OH is 1. The van der Waals surface area contributed by atoms with Gasteiger partial charge in [0.2, 0.25) is 0 Å². The molecule has 18 heavy (non-hydrogen) atoms. The fraction of sp³-hybridized carbons (Fsp3) is 1.00. The van der Waals surface area contributed by atoms with Crippen LogP contribution in [0, 0.1) is 5.92 Å². The number of nitrogens with one attached hydrogen (secondary N) is 1. The van der Waals surface area contributed by atoms with Gasteiger partial charge in [0.15, 0.2) is 0 Å². The lowest BCUT2D eigenvalue weighted by Crippen LogP contribution is -2.60. The van der Waals surface area contributed by atoms with Gasteiger partial charge < -0.3 is 15.3 Å². The lowest BCUT2D eigenvalue weighted by molar-refractivity contribution is 0.0623. The molecule has 1 saturated carbocycles. The maximum Gasteiger partial charge on any atom is 0.0628 e. The largest absolute Gasteiger partial charge is 0.394 e. The molecule has 0 spiro atoms. The Bertz CT molecular complexity index is 249.